The van der Waals surface area contributed by atoms with Crippen LogP contribution in [0.25, 0.3) is 10.7 Å². The molecule has 3 aliphatic rings. The number of likely N-dealkylation sites (tertiary alicyclic amines) is 1. The fourth-order valence-electron chi connectivity index (χ4n) is 4.57. The maximum absolute atomic E-state index is 6.40. The Hall–Kier alpha value is -1.28. The summed E-state index contributed by atoms with van der Waals surface area (Å²) in [7, 11) is -0.0559. The molecule has 0 amide bonds. The average molecular weight is 397 g/mol. The van der Waals surface area contributed by atoms with Crippen LogP contribution >= 0.6 is 11.3 Å². The summed E-state index contributed by atoms with van der Waals surface area (Å²) < 4.78 is 12.8. The number of fused-ring (bicyclic) bond motifs is 1. The first-order valence-corrected chi connectivity index (χ1v) is 11.1. The summed E-state index contributed by atoms with van der Waals surface area (Å²) >= 11 is 1.68. The summed E-state index contributed by atoms with van der Waals surface area (Å²) in [5.74, 6) is 0.671. The van der Waals surface area contributed by atoms with Crippen LogP contribution in [0.15, 0.2) is 29.8 Å². The molecule has 0 radical (unpaired) electrons. The molecule has 1 aliphatic carbocycles. The van der Waals surface area contributed by atoms with Crippen LogP contribution in [-0.2, 0) is 15.9 Å². The van der Waals surface area contributed by atoms with Crippen LogP contribution < -0.4 is 0 Å². The molecule has 0 aromatic carbocycles. The fourth-order valence-corrected chi connectivity index (χ4v) is 5.35. The van der Waals surface area contributed by atoms with Crippen molar-refractivity contribution in [1.29, 1.82) is 0 Å². The smallest absolute Gasteiger partial charge is 0.403 e. The normalized spacial score (nSPS) is 31.0. The van der Waals surface area contributed by atoms with Gasteiger partial charge in [-0.1, -0.05) is 6.07 Å². The zero-order valence-corrected chi connectivity index (χ0v) is 18.0. The molecule has 2 unspecified atom stereocenters. The number of aromatic nitrogens is 2. The van der Waals surface area contributed by atoms with Gasteiger partial charge in [-0.25, -0.2) is 4.98 Å². The van der Waals surface area contributed by atoms with E-state index in [1.165, 1.54) is 6.42 Å². The second-order valence-electron chi connectivity index (χ2n) is 9.57. The maximum Gasteiger partial charge on any atom is 0.464 e. The molecule has 4 heterocycles. The molecule has 0 N–H and O–H groups in total. The molecule has 148 valence electrons. The van der Waals surface area contributed by atoms with Gasteiger partial charge in [0.15, 0.2) is 0 Å². The standard InChI is InChI=1S/C21H28BN3O2S/c1-19(2)20(3,4)27-22(26-19)21-8-10-25(12-15(21)11-21)13-16-14-28-18(24-16)17-7-5-6-9-23-17/h5-7,9,14-15H,8,10-13H2,1-4H3. The highest BCUT2D eigenvalue weighted by Gasteiger charge is 2.70. The number of pyridine rings is 1. The molecular formula is C21H28BN3O2S. The molecule has 3 fully saturated rings. The van der Waals surface area contributed by atoms with Gasteiger partial charge in [-0.05, 0) is 65.1 Å². The maximum atomic E-state index is 6.40. The predicted molar refractivity (Wildman–Crippen MR) is 112 cm³/mol. The molecule has 2 aromatic heterocycles. The van der Waals surface area contributed by atoms with E-state index in [1.54, 1.807) is 11.3 Å². The third-order valence-corrected chi connectivity index (χ3v) is 8.11. The van der Waals surface area contributed by atoms with Gasteiger partial charge >= 0.3 is 7.12 Å². The Labute approximate surface area is 171 Å². The molecule has 2 aromatic rings. The van der Waals surface area contributed by atoms with Gasteiger partial charge in [-0.2, -0.15) is 0 Å². The van der Waals surface area contributed by atoms with Gasteiger partial charge in [0.05, 0.1) is 22.6 Å². The van der Waals surface area contributed by atoms with E-state index >= 15 is 0 Å². The van der Waals surface area contributed by atoms with Crippen molar-refractivity contribution in [3.63, 3.8) is 0 Å². The van der Waals surface area contributed by atoms with Crippen molar-refractivity contribution >= 4 is 18.5 Å². The molecule has 2 atom stereocenters. The monoisotopic (exact) mass is 397 g/mol. The van der Waals surface area contributed by atoms with Crippen molar-refractivity contribution in [1.82, 2.24) is 14.9 Å². The van der Waals surface area contributed by atoms with Crippen molar-refractivity contribution in [2.24, 2.45) is 5.92 Å². The number of rotatable bonds is 4. The molecule has 0 bridgehead atoms. The van der Waals surface area contributed by atoms with Crippen molar-refractivity contribution in [3.05, 3.63) is 35.5 Å². The van der Waals surface area contributed by atoms with E-state index in [0.29, 0.717) is 5.92 Å². The zero-order chi connectivity index (χ0) is 19.6. The highest BCUT2D eigenvalue weighted by molar-refractivity contribution is 7.13. The van der Waals surface area contributed by atoms with Crippen molar-refractivity contribution < 1.29 is 9.31 Å². The third-order valence-electron chi connectivity index (χ3n) is 7.20. The predicted octanol–water partition coefficient (Wildman–Crippen LogP) is 4.26. The summed E-state index contributed by atoms with van der Waals surface area (Å²) in [6, 6.07) is 5.97. The summed E-state index contributed by atoms with van der Waals surface area (Å²) in [4.78, 5) is 11.8. The quantitative estimate of drug-likeness (QED) is 0.722. The summed E-state index contributed by atoms with van der Waals surface area (Å²) in [6.45, 7) is 11.7. The first kappa shape index (κ1) is 18.7. The molecule has 5 rings (SSSR count). The van der Waals surface area contributed by atoms with E-state index in [1.807, 2.05) is 24.4 Å². The summed E-state index contributed by atoms with van der Waals surface area (Å²) in [5.41, 5.74) is 1.63. The van der Waals surface area contributed by atoms with Crippen LogP contribution in [-0.4, -0.2) is 46.3 Å². The van der Waals surface area contributed by atoms with Crippen LogP contribution in [0.5, 0.6) is 0 Å². The zero-order valence-electron chi connectivity index (χ0n) is 17.1. The lowest BCUT2D eigenvalue weighted by molar-refractivity contribution is 0.00578. The van der Waals surface area contributed by atoms with Crippen LogP contribution in [0.3, 0.4) is 0 Å². The minimum Gasteiger partial charge on any atom is -0.403 e. The Morgan fingerprint density at radius 1 is 1.21 bits per heavy atom. The topological polar surface area (TPSA) is 47.5 Å². The first-order chi connectivity index (χ1) is 13.3. The SMILES string of the molecule is CC1(C)OB(C23CCN(Cc4csc(-c5ccccn5)n4)CC2C3)OC1(C)C. The van der Waals surface area contributed by atoms with Crippen LogP contribution in [0.2, 0.25) is 5.31 Å². The molecule has 0 spiro atoms. The van der Waals surface area contributed by atoms with Gasteiger partial charge in [0.1, 0.15) is 5.01 Å². The van der Waals surface area contributed by atoms with Gasteiger partial charge in [0, 0.05) is 30.0 Å². The van der Waals surface area contributed by atoms with Gasteiger partial charge in [-0.3, -0.25) is 9.88 Å². The largest absolute Gasteiger partial charge is 0.464 e. The molecular weight excluding hydrogens is 369 g/mol. The van der Waals surface area contributed by atoms with Crippen molar-refractivity contribution in [2.45, 2.75) is 63.6 Å². The minimum atomic E-state index is -0.237. The molecule has 2 aliphatic heterocycles. The third kappa shape index (κ3) is 3.03. The Bertz CT molecular complexity index is 856. The van der Waals surface area contributed by atoms with E-state index in [0.717, 1.165) is 42.5 Å². The molecule has 1 saturated carbocycles. The van der Waals surface area contributed by atoms with Crippen molar-refractivity contribution in [3.8, 4) is 10.7 Å². The number of hydrogen-bond acceptors (Lipinski definition) is 6. The van der Waals surface area contributed by atoms with E-state index in [-0.39, 0.29) is 23.6 Å². The Morgan fingerprint density at radius 2 is 2.00 bits per heavy atom. The van der Waals surface area contributed by atoms with Crippen LogP contribution in [0.1, 0.15) is 46.2 Å². The molecule has 7 heteroatoms. The fraction of sp³-hybridized carbons (Fsp3) is 0.619. The number of piperidine rings is 1. The Morgan fingerprint density at radius 3 is 2.68 bits per heavy atom. The van der Waals surface area contributed by atoms with E-state index < -0.39 is 0 Å². The van der Waals surface area contributed by atoms with Crippen LogP contribution in [0.4, 0.5) is 0 Å². The van der Waals surface area contributed by atoms with Crippen LogP contribution in [0, 0.1) is 5.92 Å². The van der Waals surface area contributed by atoms with Gasteiger partial charge in [-0.15, -0.1) is 11.3 Å². The lowest BCUT2D eigenvalue weighted by Gasteiger charge is -2.32. The lowest BCUT2D eigenvalue weighted by atomic mass is 9.63. The molecule has 2 saturated heterocycles. The highest BCUT2D eigenvalue weighted by atomic mass is 32.1. The first-order valence-electron chi connectivity index (χ1n) is 10.2. The summed E-state index contributed by atoms with van der Waals surface area (Å²) in [5, 5.41) is 3.40. The van der Waals surface area contributed by atoms with E-state index in [4.69, 9.17) is 14.3 Å². The highest BCUT2D eigenvalue weighted by Crippen LogP contribution is 2.69. The second kappa shape index (κ2) is 6.36. The van der Waals surface area contributed by atoms with Gasteiger partial charge in [0.25, 0.3) is 0 Å². The Balaban J connectivity index is 1.22. The summed E-state index contributed by atoms with van der Waals surface area (Å²) in [6.07, 6.45) is 4.19. The minimum absolute atomic E-state index is 0.0559. The molecule has 5 nitrogen and oxygen atoms in total. The number of hydrogen-bond donors (Lipinski definition) is 0. The number of nitrogens with zero attached hydrogens (tertiary/aromatic N) is 3. The van der Waals surface area contributed by atoms with Gasteiger partial charge in [0.2, 0.25) is 0 Å². The number of thiazole rings is 1. The van der Waals surface area contributed by atoms with E-state index in [9.17, 15) is 0 Å². The van der Waals surface area contributed by atoms with E-state index in [2.05, 4.69) is 43.0 Å². The van der Waals surface area contributed by atoms with Gasteiger partial charge < -0.3 is 9.31 Å². The van der Waals surface area contributed by atoms with Crippen molar-refractivity contribution in [2.75, 3.05) is 13.1 Å². The second-order valence-corrected chi connectivity index (χ2v) is 10.4. The average Bonchev–Trinajstić information content (AvgIpc) is 3.12. The lowest BCUT2D eigenvalue weighted by Crippen LogP contribution is -2.41. The molecule has 28 heavy (non-hydrogen) atoms. The Kier molecular flexibility index (Phi) is 4.26.